The van der Waals surface area contributed by atoms with E-state index in [1.54, 1.807) is 0 Å². The van der Waals surface area contributed by atoms with Crippen LogP contribution in [0.3, 0.4) is 0 Å². The van der Waals surface area contributed by atoms with Crippen LogP contribution in [0.25, 0.3) is 0 Å². The van der Waals surface area contributed by atoms with Crippen LogP contribution in [0.2, 0.25) is 0 Å². The van der Waals surface area contributed by atoms with Crippen molar-refractivity contribution in [3.63, 3.8) is 0 Å². The topological polar surface area (TPSA) is 54.4 Å². The molecular weight excluding hydrogens is 224 g/mol. The molecule has 5 heteroatoms. The zero-order chi connectivity index (χ0) is 4.50. The quantitative estimate of drug-likeness (QED) is 0.557. The van der Waals surface area contributed by atoms with Crippen LogP contribution in [-0.4, -0.2) is 13.0 Å². The summed E-state index contributed by atoms with van der Waals surface area (Å²) < 4.78 is 22.5. The zero-order valence-electron chi connectivity index (χ0n) is 2.17. The van der Waals surface area contributed by atoms with Gasteiger partial charge in [-0.05, 0) is 0 Å². The molecule has 0 amide bonds. The maximum absolute atomic E-state index is 9.25. The van der Waals surface area contributed by atoms with E-state index >= 15 is 0 Å². The van der Waals surface area contributed by atoms with Crippen LogP contribution < -0.4 is 0 Å². The van der Waals surface area contributed by atoms with Gasteiger partial charge in [0.25, 0.3) is 0 Å². The fourth-order valence-electron chi connectivity index (χ4n) is 0. The van der Waals surface area contributed by atoms with Crippen LogP contribution in [0.5, 0.6) is 0 Å². The Morgan fingerprint density at radius 1 is 1.60 bits per heavy atom. The molecule has 0 saturated heterocycles. The van der Waals surface area contributed by atoms with Crippen LogP contribution in [-0.2, 0) is 4.04 Å². The number of rotatable bonds is 0. The molecule has 0 saturated carbocycles. The van der Waals surface area contributed by atoms with E-state index in [2.05, 4.69) is 0 Å². The molecule has 0 aromatic heterocycles. The van der Waals surface area contributed by atoms with Gasteiger partial charge in [0.15, 0.2) is 0 Å². The molecule has 5 heavy (non-hydrogen) atoms. The molecule has 0 atom stereocenters. The van der Waals surface area contributed by atoms with Crippen molar-refractivity contribution in [3.05, 3.63) is 0 Å². The Labute approximate surface area is 53.1 Å². The van der Waals surface area contributed by atoms with Gasteiger partial charge < -0.3 is 0 Å². The Balaban J connectivity index is 4.06. The first-order chi connectivity index (χ1) is 2.00. The average molecular weight is 225 g/mol. The third-order valence-corrected chi connectivity index (χ3v) is 0. The molecule has 0 aromatic carbocycles. The van der Waals surface area contributed by atoms with E-state index in [9.17, 15) is 8.42 Å². The van der Waals surface area contributed by atoms with Gasteiger partial charge in [0.1, 0.15) is 0 Å². The van der Waals surface area contributed by atoms with E-state index < -0.39 is 4.04 Å². The number of hydrogen-bond donors (Lipinski definition) is 1. The van der Waals surface area contributed by atoms with E-state index in [-0.39, 0.29) is 36.8 Å². The zero-order valence-corrected chi connectivity index (χ0v) is 6.20. The summed E-state index contributed by atoms with van der Waals surface area (Å²) in [6.07, 6.45) is 0. The molecule has 0 radical (unpaired) electrons. The van der Waals surface area contributed by atoms with E-state index in [1.165, 1.54) is 0 Å². The van der Waals surface area contributed by atoms with Gasteiger partial charge in [0, 0.05) is 0 Å². The third kappa shape index (κ3) is 35.2. The second-order valence-electron chi connectivity index (χ2n) is 0.475. The van der Waals surface area contributed by atoms with E-state index in [0.717, 1.165) is 0 Å². The summed E-state index contributed by atoms with van der Waals surface area (Å²) in [6, 6.07) is 0. The minimum absolute atomic E-state index is 0.164. The predicted molar refractivity (Wildman–Crippen MR) is 11.5 cm³/mol. The Bertz CT molecular complexity index is 90.1. The summed E-state index contributed by atoms with van der Waals surface area (Å²) in [4.78, 5) is 0. The van der Waals surface area contributed by atoms with Crippen LogP contribution >= 0.6 is 0 Å². The van der Waals surface area contributed by atoms with Crippen LogP contribution in [0.1, 0.15) is 0 Å². The first-order valence-electron chi connectivity index (χ1n) is 0.720. The first-order valence-corrected chi connectivity index (χ1v) is 6.09. The molecular formula is HNdO3S. The van der Waals surface area contributed by atoms with Gasteiger partial charge in [0.2, 0.25) is 0 Å². The molecule has 0 unspecified atom stereocenters. The second kappa shape index (κ2) is 1.81. The van der Waals surface area contributed by atoms with Gasteiger partial charge in [-0.15, -0.1) is 0 Å². The molecule has 0 aliphatic rings. The Morgan fingerprint density at radius 2 is 1.60 bits per heavy atom. The van der Waals surface area contributed by atoms with Crippen molar-refractivity contribution in [2.75, 3.05) is 0 Å². The molecule has 0 heterocycles. The fraction of sp³-hybridized carbons (Fsp3) is 0. The van der Waals surface area contributed by atoms with Gasteiger partial charge in [0.05, 0.1) is 0 Å². The molecule has 0 aliphatic heterocycles. The molecule has 0 bridgehead atoms. The van der Waals surface area contributed by atoms with Gasteiger partial charge in [-0.2, -0.15) is 0 Å². The Hall–Kier alpha value is 1.26. The average Bonchev–Trinajstić information content (AvgIpc) is 0.722. The molecule has 3 nitrogen and oxygen atoms in total. The molecule has 0 aliphatic carbocycles. The standard InChI is InChI=1S/Nd.HO3S/c;1-4(2)3/h;(H,1,2,3). The van der Waals surface area contributed by atoms with E-state index in [4.69, 9.17) is 4.55 Å². The van der Waals surface area contributed by atoms with Crippen molar-refractivity contribution >= 4 is 4.04 Å². The normalized spacial score (nSPS) is 11.2. The van der Waals surface area contributed by atoms with E-state index in [1.807, 2.05) is 0 Å². The van der Waals surface area contributed by atoms with Crippen molar-refractivity contribution in [1.82, 2.24) is 0 Å². The van der Waals surface area contributed by atoms with Crippen molar-refractivity contribution in [2.24, 2.45) is 0 Å². The second-order valence-corrected chi connectivity index (χ2v) is 6.39. The third-order valence-electron chi connectivity index (χ3n) is 0. The van der Waals surface area contributed by atoms with Crippen LogP contribution in [0.15, 0.2) is 0 Å². The SMILES string of the molecule is O=[S](=O)(O)[Nd]. The van der Waals surface area contributed by atoms with Crippen LogP contribution in [0, 0.1) is 36.8 Å². The molecule has 0 fully saturated rings. The molecule has 1 N–H and O–H groups in total. The van der Waals surface area contributed by atoms with Gasteiger partial charge in [-0.25, -0.2) is 0 Å². The van der Waals surface area contributed by atoms with E-state index in [0.29, 0.717) is 0 Å². The minimum atomic E-state index is -3.53. The van der Waals surface area contributed by atoms with Gasteiger partial charge in [-0.1, -0.05) is 0 Å². The Morgan fingerprint density at radius 3 is 1.60 bits per heavy atom. The summed E-state index contributed by atoms with van der Waals surface area (Å²) in [5, 5.41) is 0. The van der Waals surface area contributed by atoms with Crippen molar-refractivity contribution in [3.8, 4) is 0 Å². The first kappa shape index (κ1) is 6.26. The summed E-state index contributed by atoms with van der Waals surface area (Å²) in [5.74, 6) is 0. The summed E-state index contributed by atoms with van der Waals surface area (Å²) in [5.41, 5.74) is 0. The summed E-state index contributed by atoms with van der Waals surface area (Å²) >= 11 is -0.164. The van der Waals surface area contributed by atoms with Gasteiger partial charge in [-0.3, -0.25) is 0 Å². The number of hydrogen-bond acceptors (Lipinski definition) is 2. The van der Waals surface area contributed by atoms with Gasteiger partial charge >= 0.3 is 53.9 Å². The van der Waals surface area contributed by atoms with Crippen LogP contribution in [0.4, 0.5) is 0 Å². The maximum atomic E-state index is 9.25. The summed E-state index contributed by atoms with van der Waals surface area (Å²) in [6.45, 7) is 0. The molecule has 29 valence electrons. The summed E-state index contributed by atoms with van der Waals surface area (Å²) in [7, 11) is 0. The molecule has 0 aromatic rings. The monoisotopic (exact) mass is 223 g/mol. The predicted octanol–water partition coefficient (Wildman–Crippen LogP) is -0.661. The van der Waals surface area contributed by atoms with Crippen molar-refractivity contribution in [1.29, 1.82) is 0 Å². The van der Waals surface area contributed by atoms with Crippen molar-refractivity contribution < 1.29 is 49.8 Å². The molecule has 0 spiro atoms. The Kier molecular flexibility index (Phi) is 2.27. The molecule has 0 rings (SSSR count). The van der Waals surface area contributed by atoms with Crippen molar-refractivity contribution in [2.45, 2.75) is 0 Å². The fourth-order valence-corrected chi connectivity index (χ4v) is 0.